The first kappa shape index (κ1) is 16.1. The van der Waals surface area contributed by atoms with Crippen LogP contribution in [0.3, 0.4) is 0 Å². The number of rotatable bonds is 4. The van der Waals surface area contributed by atoms with Gasteiger partial charge in [0.15, 0.2) is 0 Å². The SMILES string of the molecule is CC[C@@H](CO)NC(=O)NC1CCC(C(F)(F)F)CC1. The molecule has 4 nitrogen and oxygen atoms in total. The fourth-order valence-electron chi connectivity index (χ4n) is 2.25. The summed E-state index contributed by atoms with van der Waals surface area (Å²) < 4.78 is 37.4. The second-order valence-corrected chi connectivity index (χ2v) is 5.00. The maximum atomic E-state index is 12.5. The Morgan fingerprint density at radius 2 is 1.89 bits per heavy atom. The van der Waals surface area contributed by atoms with E-state index in [2.05, 4.69) is 10.6 Å². The van der Waals surface area contributed by atoms with E-state index in [0.29, 0.717) is 19.3 Å². The number of nitrogens with one attached hydrogen (secondary N) is 2. The normalized spacial score (nSPS) is 25.7. The van der Waals surface area contributed by atoms with Gasteiger partial charge in [0.25, 0.3) is 0 Å². The van der Waals surface area contributed by atoms with Crippen LogP contribution in [0.25, 0.3) is 0 Å². The third-order valence-electron chi connectivity index (χ3n) is 3.57. The molecule has 1 fully saturated rings. The molecule has 0 saturated heterocycles. The van der Waals surface area contributed by atoms with E-state index < -0.39 is 18.1 Å². The molecule has 1 aliphatic carbocycles. The van der Waals surface area contributed by atoms with Crippen molar-refractivity contribution < 1.29 is 23.1 Å². The predicted octanol–water partition coefficient (Wildman–Crippen LogP) is 2.18. The lowest BCUT2D eigenvalue weighted by Gasteiger charge is -2.30. The van der Waals surface area contributed by atoms with E-state index in [1.807, 2.05) is 6.92 Å². The maximum absolute atomic E-state index is 12.5. The van der Waals surface area contributed by atoms with Gasteiger partial charge in [-0.3, -0.25) is 0 Å². The summed E-state index contributed by atoms with van der Waals surface area (Å²) in [4.78, 5) is 11.6. The van der Waals surface area contributed by atoms with E-state index in [0.717, 1.165) is 0 Å². The zero-order valence-corrected chi connectivity index (χ0v) is 11.0. The lowest BCUT2D eigenvalue weighted by Crippen LogP contribution is -2.48. The fraction of sp³-hybridized carbons (Fsp3) is 0.917. The highest BCUT2D eigenvalue weighted by Gasteiger charge is 2.41. The van der Waals surface area contributed by atoms with E-state index >= 15 is 0 Å². The third kappa shape index (κ3) is 5.26. The van der Waals surface area contributed by atoms with Crippen LogP contribution >= 0.6 is 0 Å². The summed E-state index contributed by atoms with van der Waals surface area (Å²) in [5.41, 5.74) is 0. The van der Waals surface area contributed by atoms with Crippen molar-refractivity contribution in [3.8, 4) is 0 Å². The van der Waals surface area contributed by atoms with Crippen molar-refractivity contribution >= 4 is 6.03 Å². The largest absolute Gasteiger partial charge is 0.394 e. The van der Waals surface area contributed by atoms with Gasteiger partial charge < -0.3 is 15.7 Å². The first-order valence-electron chi connectivity index (χ1n) is 6.61. The van der Waals surface area contributed by atoms with Crippen LogP contribution in [-0.2, 0) is 0 Å². The van der Waals surface area contributed by atoms with E-state index in [1.165, 1.54) is 0 Å². The van der Waals surface area contributed by atoms with E-state index in [-0.39, 0.29) is 31.5 Å². The zero-order valence-electron chi connectivity index (χ0n) is 11.0. The number of carbonyl (C=O) groups is 1. The molecule has 0 radical (unpaired) electrons. The minimum Gasteiger partial charge on any atom is -0.394 e. The summed E-state index contributed by atoms with van der Waals surface area (Å²) in [7, 11) is 0. The van der Waals surface area contributed by atoms with Gasteiger partial charge in [-0.1, -0.05) is 6.92 Å². The van der Waals surface area contributed by atoms with Crippen molar-refractivity contribution in [2.75, 3.05) is 6.61 Å². The Hall–Kier alpha value is -0.980. The van der Waals surface area contributed by atoms with Gasteiger partial charge in [-0.2, -0.15) is 13.2 Å². The summed E-state index contributed by atoms with van der Waals surface area (Å²) in [5, 5.41) is 14.2. The average molecular weight is 282 g/mol. The highest BCUT2D eigenvalue weighted by atomic mass is 19.4. The minimum atomic E-state index is -4.13. The second-order valence-electron chi connectivity index (χ2n) is 5.00. The molecule has 3 N–H and O–H groups in total. The molecule has 0 aliphatic heterocycles. The summed E-state index contributed by atoms with van der Waals surface area (Å²) in [5.74, 6) is -1.24. The average Bonchev–Trinajstić information content (AvgIpc) is 2.35. The summed E-state index contributed by atoms with van der Waals surface area (Å²) >= 11 is 0. The Kier molecular flexibility index (Phi) is 5.90. The first-order chi connectivity index (χ1) is 8.86. The molecule has 1 aliphatic rings. The number of hydrogen-bond donors (Lipinski definition) is 3. The molecule has 2 amide bonds. The molecule has 0 unspecified atom stereocenters. The molecular weight excluding hydrogens is 261 g/mol. The molecule has 112 valence electrons. The van der Waals surface area contributed by atoms with Gasteiger partial charge in [0.05, 0.1) is 18.6 Å². The number of hydrogen-bond acceptors (Lipinski definition) is 2. The first-order valence-corrected chi connectivity index (χ1v) is 6.61. The zero-order chi connectivity index (χ0) is 14.5. The second kappa shape index (κ2) is 6.98. The van der Waals surface area contributed by atoms with Crippen molar-refractivity contribution in [2.45, 2.75) is 57.3 Å². The molecule has 0 spiro atoms. The van der Waals surface area contributed by atoms with Gasteiger partial charge >= 0.3 is 12.2 Å². The summed E-state index contributed by atoms with van der Waals surface area (Å²) in [6.45, 7) is 1.68. The molecule has 7 heteroatoms. The fourth-order valence-corrected chi connectivity index (χ4v) is 2.25. The number of aliphatic hydroxyl groups is 1. The highest BCUT2D eigenvalue weighted by Crippen LogP contribution is 2.37. The van der Waals surface area contributed by atoms with Gasteiger partial charge in [-0.05, 0) is 32.1 Å². The maximum Gasteiger partial charge on any atom is 0.391 e. The Labute approximate surface area is 110 Å². The minimum absolute atomic E-state index is 0.0612. The Morgan fingerprint density at radius 3 is 2.32 bits per heavy atom. The standard InChI is InChI=1S/C12H21F3N2O2/c1-2-9(7-18)16-11(19)17-10-5-3-8(4-6-10)12(13,14)15/h8-10,18H,2-7H2,1H3,(H2,16,17,19)/t8?,9-,10?/m0/s1. The molecule has 0 aromatic heterocycles. The molecule has 0 aromatic carbocycles. The predicted molar refractivity (Wildman–Crippen MR) is 64.6 cm³/mol. The number of amides is 2. The van der Waals surface area contributed by atoms with Gasteiger partial charge in [-0.15, -0.1) is 0 Å². The quantitative estimate of drug-likeness (QED) is 0.740. The van der Waals surface area contributed by atoms with Gasteiger partial charge in [0.1, 0.15) is 0 Å². The lowest BCUT2D eigenvalue weighted by atomic mass is 9.85. The van der Waals surface area contributed by atoms with Gasteiger partial charge in [0, 0.05) is 6.04 Å². The number of carbonyl (C=O) groups excluding carboxylic acids is 1. The molecule has 1 atom stereocenters. The Balaban J connectivity index is 2.31. The van der Waals surface area contributed by atoms with Gasteiger partial charge in [-0.25, -0.2) is 4.79 Å². The Bertz CT molecular complexity index is 285. The summed E-state index contributed by atoms with van der Waals surface area (Å²) in [6, 6.07) is -0.947. The number of halogens is 3. The van der Waals surface area contributed by atoms with Crippen LogP contribution in [0.1, 0.15) is 39.0 Å². The van der Waals surface area contributed by atoms with Crippen molar-refractivity contribution in [2.24, 2.45) is 5.92 Å². The van der Waals surface area contributed by atoms with E-state index in [1.54, 1.807) is 0 Å². The number of alkyl halides is 3. The van der Waals surface area contributed by atoms with Crippen LogP contribution in [0.5, 0.6) is 0 Å². The molecule has 19 heavy (non-hydrogen) atoms. The molecule has 0 aromatic rings. The molecule has 0 bridgehead atoms. The highest BCUT2D eigenvalue weighted by molar-refractivity contribution is 5.74. The molecular formula is C12H21F3N2O2. The number of urea groups is 1. The van der Waals surface area contributed by atoms with Crippen LogP contribution in [0.15, 0.2) is 0 Å². The van der Waals surface area contributed by atoms with Crippen LogP contribution in [-0.4, -0.2) is 36.0 Å². The topological polar surface area (TPSA) is 61.4 Å². The molecule has 0 heterocycles. The Morgan fingerprint density at radius 1 is 1.32 bits per heavy atom. The van der Waals surface area contributed by atoms with E-state index in [9.17, 15) is 18.0 Å². The van der Waals surface area contributed by atoms with Crippen molar-refractivity contribution in [3.05, 3.63) is 0 Å². The van der Waals surface area contributed by atoms with Crippen LogP contribution < -0.4 is 10.6 Å². The monoisotopic (exact) mass is 282 g/mol. The number of aliphatic hydroxyl groups excluding tert-OH is 1. The van der Waals surface area contributed by atoms with Gasteiger partial charge in [0.2, 0.25) is 0 Å². The molecule has 1 rings (SSSR count). The van der Waals surface area contributed by atoms with Crippen LogP contribution in [0, 0.1) is 5.92 Å². The third-order valence-corrected chi connectivity index (χ3v) is 3.57. The smallest absolute Gasteiger partial charge is 0.391 e. The van der Waals surface area contributed by atoms with E-state index in [4.69, 9.17) is 5.11 Å². The van der Waals surface area contributed by atoms with Crippen LogP contribution in [0.2, 0.25) is 0 Å². The summed E-state index contributed by atoms with van der Waals surface area (Å²) in [6.07, 6.45) is -2.72. The van der Waals surface area contributed by atoms with Crippen molar-refractivity contribution in [3.63, 3.8) is 0 Å². The van der Waals surface area contributed by atoms with Crippen LogP contribution in [0.4, 0.5) is 18.0 Å². The lowest BCUT2D eigenvalue weighted by molar-refractivity contribution is -0.182. The van der Waals surface area contributed by atoms with Crippen molar-refractivity contribution in [1.29, 1.82) is 0 Å². The van der Waals surface area contributed by atoms with Crippen molar-refractivity contribution in [1.82, 2.24) is 10.6 Å². The molecule has 1 saturated carbocycles.